The molecule has 10 aromatic carbocycles. The first kappa shape index (κ1) is 37.3. The molecule has 0 heterocycles. The Bertz CT molecular complexity index is 3230. The summed E-state index contributed by atoms with van der Waals surface area (Å²) in [6, 6.07) is 86.5. The zero-order valence-corrected chi connectivity index (χ0v) is 35.0. The largest absolute Gasteiger partial charge is 0.310 e. The van der Waals surface area contributed by atoms with E-state index < -0.39 is 0 Å². The van der Waals surface area contributed by atoms with Crippen molar-refractivity contribution in [2.45, 2.75) is 19.3 Å². The molecule has 1 aliphatic carbocycles. The first-order valence-corrected chi connectivity index (χ1v) is 21.6. The van der Waals surface area contributed by atoms with Gasteiger partial charge in [-0.25, -0.2) is 0 Å². The predicted octanol–water partition coefficient (Wildman–Crippen LogP) is 17.0. The summed E-state index contributed by atoms with van der Waals surface area (Å²) < 4.78 is 0. The van der Waals surface area contributed by atoms with Gasteiger partial charge in [0.2, 0.25) is 0 Å². The Morgan fingerprint density at radius 2 is 0.694 bits per heavy atom. The van der Waals surface area contributed by atoms with Crippen LogP contribution in [0.5, 0.6) is 0 Å². The first-order valence-electron chi connectivity index (χ1n) is 21.6. The molecule has 0 atom stereocenters. The minimum absolute atomic E-state index is 0.0402. The minimum Gasteiger partial charge on any atom is -0.310 e. The van der Waals surface area contributed by atoms with Crippen LogP contribution in [0.3, 0.4) is 0 Å². The van der Waals surface area contributed by atoms with E-state index in [0.29, 0.717) is 0 Å². The van der Waals surface area contributed by atoms with Gasteiger partial charge in [0.25, 0.3) is 0 Å². The van der Waals surface area contributed by atoms with Gasteiger partial charge in [0.1, 0.15) is 0 Å². The summed E-state index contributed by atoms with van der Waals surface area (Å²) in [5.74, 6) is 0. The number of benzene rings is 10. The van der Waals surface area contributed by atoms with Gasteiger partial charge in [-0.1, -0.05) is 196 Å². The van der Waals surface area contributed by atoms with Crippen LogP contribution < -0.4 is 4.90 Å². The first-order chi connectivity index (χ1) is 30.5. The number of fused-ring (bicyclic) bond motifs is 4. The smallest absolute Gasteiger partial charge is 0.0467 e. The van der Waals surface area contributed by atoms with Crippen LogP contribution in [-0.2, 0) is 5.41 Å². The molecule has 1 aliphatic rings. The van der Waals surface area contributed by atoms with Crippen molar-refractivity contribution in [3.63, 3.8) is 0 Å². The van der Waals surface area contributed by atoms with Crippen molar-refractivity contribution in [1.29, 1.82) is 0 Å². The maximum Gasteiger partial charge on any atom is 0.0467 e. The maximum atomic E-state index is 2.40. The van der Waals surface area contributed by atoms with E-state index in [1.807, 2.05) is 0 Å². The van der Waals surface area contributed by atoms with E-state index in [-0.39, 0.29) is 5.41 Å². The third-order valence-corrected chi connectivity index (χ3v) is 12.9. The zero-order valence-electron chi connectivity index (χ0n) is 35.0. The Labute approximate surface area is 364 Å². The lowest BCUT2D eigenvalue weighted by molar-refractivity contribution is 0.660. The van der Waals surface area contributed by atoms with Crippen LogP contribution in [0.1, 0.15) is 25.0 Å². The summed E-state index contributed by atoms with van der Waals surface area (Å²) in [4.78, 5) is 2.37. The number of nitrogens with zero attached hydrogens (tertiary/aromatic N) is 1. The van der Waals surface area contributed by atoms with Gasteiger partial charge in [0.05, 0.1) is 0 Å². The van der Waals surface area contributed by atoms with E-state index in [9.17, 15) is 0 Å². The van der Waals surface area contributed by atoms with E-state index in [4.69, 9.17) is 0 Å². The standard InChI is InChI=1S/C61H45N/c1-61(2)59-21-9-8-20-57(59)58-37-32-53(41-60(58)61)47-30-35-55(36-31-47)62(56-19-11-18-51(40-56)42-12-4-3-5-13-42)54-33-28-45(29-34-54)44-22-24-46(25-23-44)49-16-10-17-50(38-49)52-27-26-43-14-6-7-15-48(43)39-52/h3-41H,1-2H3. The topological polar surface area (TPSA) is 3.24 Å². The van der Waals surface area contributed by atoms with E-state index in [0.717, 1.165) is 17.1 Å². The van der Waals surface area contributed by atoms with E-state index in [1.54, 1.807) is 0 Å². The fourth-order valence-electron chi connectivity index (χ4n) is 9.49. The molecule has 0 aliphatic heterocycles. The molecular weight excluding hydrogens is 747 g/mol. The van der Waals surface area contributed by atoms with Gasteiger partial charge in [-0.3, -0.25) is 0 Å². The Balaban J connectivity index is 0.898. The van der Waals surface area contributed by atoms with Crippen molar-refractivity contribution in [3.8, 4) is 66.8 Å². The average Bonchev–Trinajstić information content (AvgIpc) is 3.57. The van der Waals surface area contributed by atoms with Crippen molar-refractivity contribution in [2.75, 3.05) is 4.90 Å². The molecule has 62 heavy (non-hydrogen) atoms. The highest BCUT2D eigenvalue weighted by atomic mass is 15.1. The van der Waals surface area contributed by atoms with Gasteiger partial charge in [0, 0.05) is 22.5 Å². The molecule has 0 bridgehead atoms. The van der Waals surface area contributed by atoms with Crippen LogP contribution in [-0.4, -0.2) is 0 Å². The zero-order chi connectivity index (χ0) is 41.6. The highest BCUT2D eigenvalue weighted by Crippen LogP contribution is 2.49. The molecule has 0 saturated heterocycles. The van der Waals surface area contributed by atoms with Crippen LogP contribution in [0, 0.1) is 0 Å². The highest BCUT2D eigenvalue weighted by molar-refractivity contribution is 5.89. The van der Waals surface area contributed by atoms with Crippen molar-refractivity contribution >= 4 is 27.8 Å². The molecule has 0 saturated carbocycles. The summed E-state index contributed by atoms with van der Waals surface area (Å²) in [7, 11) is 0. The SMILES string of the molecule is CC1(C)c2ccccc2-c2ccc(-c3ccc(N(c4ccc(-c5ccc(-c6cccc(-c7ccc8ccccc8c7)c6)cc5)cc4)c4cccc(-c5ccccc5)c4)cc3)cc21. The van der Waals surface area contributed by atoms with Gasteiger partial charge >= 0.3 is 0 Å². The van der Waals surface area contributed by atoms with Gasteiger partial charge in [-0.15, -0.1) is 0 Å². The second kappa shape index (κ2) is 15.4. The monoisotopic (exact) mass is 791 g/mol. The summed E-state index contributed by atoms with van der Waals surface area (Å²) in [5, 5.41) is 2.52. The molecule has 10 aromatic rings. The molecule has 0 aromatic heterocycles. The van der Waals surface area contributed by atoms with Crippen molar-refractivity contribution in [3.05, 3.63) is 248 Å². The molecule has 0 fully saturated rings. The third kappa shape index (κ3) is 6.79. The van der Waals surface area contributed by atoms with Gasteiger partial charge in [-0.05, 0) is 143 Å². The Hall–Kier alpha value is -7.74. The second-order valence-electron chi connectivity index (χ2n) is 17.0. The van der Waals surface area contributed by atoms with Gasteiger partial charge in [0.15, 0.2) is 0 Å². The van der Waals surface area contributed by atoms with Gasteiger partial charge in [-0.2, -0.15) is 0 Å². The number of hydrogen-bond donors (Lipinski definition) is 0. The molecular formula is C61H45N. The Kier molecular flexibility index (Phi) is 9.24. The molecule has 0 amide bonds. The molecule has 0 unspecified atom stereocenters. The number of hydrogen-bond acceptors (Lipinski definition) is 1. The third-order valence-electron chi connectivity index (χ3n) is 12.9. The number of anilines is 3. The summed E-state index contributed by atoms with van der Waals surface area (Å²) >= 11 is 0. The molecule has 0 N–H and O–H groups in total. The average molecular weight is 792 g/mol. The molecule has 1 heteroatoms. The summed E-state index contributed by atoms with van der Waals surface area (Å²) in [6.45, 7) is 4.69. The van der Waals surface area contributed by atoms with Crippen LogP contribution in [0.2, 0.25) is 0 Å². The van der Waals surface area contributed by atoms with Crippen LogP contribution in [0.4, 0.5) is 17.1 Å². The minimum atomic E-state index is -0.0402. The Morgan fingerprint density at radius 3 is 1.39 bits per heavy atom. The predicted molar refractivity (Wildman–Crippen MR) is 263 cm³/mol. The molecule has 11 rings (SSSR count). The lowest BCUT2D eigenvalue weighted by atomic mass is 9.81. The van der Waals surface area contributed by atoms with E-state index >= 15 is 0 Å². The molecule has 0 spiro atoms. The van der Waals surface area contributed by atoms with Crippen molar-refractivity contribution < 1.29 is 0 Å². The van der Waals surface area contributed by atoms with Crippen LogP contribution >= 0.6 is 0 Å². The van der Waals surface area contributed by atoms with Gasteiger partial charge < -0.3 is 4.90 Å². The maximum absolute atomic E-state index is 2.40. The summed E-state index contributed by atoms with van der Waals surface area (Å²) in [5.41, 5.74) is 20.8. The molecule has 1 nitrogen and oxygen atoms in total. The van der Waals surface area contributed by atoms with Crippen molar-refractivity contribution in [1.82, 2.24) is 0 Å². The molecule has 294 valence electrons. The Morgan fingerprint density at radius 1 is 0.258 bits per heavy atom. The fraction of sp³-hybridized carbons (Fsp3) is 0.0492. The van der Waals surface area contributed by atoms with Crippen LogP contribution in [0.15, 0.2) is 237 Å². The second-order valence-corrected chi connectivity index (χ2v) is 17.0. The fourth-order valence-corrected chi connectivity index (χ4v) is 9.49. The van der Waals surface area contributed by atoms with E-state index in [1.165, 1.54) is 88.7 Å². The lowest BCUT2D eigenvalue weighted by Gasteiger charge is -2.26. The molecule has 0 radical (unpaired) electrons. The lowest BCUT2D eigenvalue weighted by Crippen LogP contribution is -2.14. The normalized spacial score (nSPS) is 12.5. The van der Waals surface area contributed by atoms with E-state index in [2.05, 4.69) is 255 Å². The summed E-state index contributed by atoms with van der Waals surface area (Å²) in [6.07, 6.45) is 0. The highest BCUT2D eigenvalue weighted by Gasteiger charge is 2.35. The number of rotatable bonds is 8. The van der Waals surface area contributed by atoms with Crippen molar-refractivity contribution in [2.24, 2.45) is 0 Å². The van der Waals surface area contributed by atoms with Crippen LogP contribution in [0.25, 0.3) is 77.5 Å². The quantitative estimate of drug-likeness (QED) is 0.148.